The zero-order valence-corrected chi connectivity index (χ0v) is 10.5. The molecule has 6 nitrogen and oxygen atoms in total. The zero-order chi connectivity index (χ0) is 12.7. The molecule has 0 aliphatic rings. The van der Waals surface area contributed by atoms with Crippen molar-refractivity contribution in [2.45, 2.75) is 16.7 Å². The van der Waals surface area contributed by atoms with Crippen LogP contribution in [-0.2, 0) is 20.0 Å². The van der Waals surface area contributed by atoms with Crippen LogP contribution >= 0.6 is 11.6 Å². The number of rotatable bonds is 2. The van der Waals surface area contributed by atoms with Crippen LogP contribution in [0.15, 0.2) is 21.9 Å². The van der Waals surface area contributed by atoms with E-state index in [1.54, 1.807) is 0 Å². The quantitative estimate of drug-likeness (QED) is 0.790. The normalized spacial score (nSPS) is 12.8. The number of sulfonamides is 2. The molecule has 0 saturated heterocycles. The van der Waals surface area contributed by atoms with Crippen molar-refractivity contribution in [1.29, 1.82) is 0 Å². The molecule has 0 aliphatic heterocycles. The standard InChI is InChI=1S/C7H9ClN2O4S2/c1-4-2-7(16(10,13)14)5(8)3-6(4)15(9,11)12/h2-3H,1H3,(H2,9,11,12)(H2,10,13,14). The van der Waals surface area contributed by atoms with Gasteiger partial charge in [0.1, 0.15) is 4.90 Å². The zero-order valence-electron chi connectivity index (χ0n) is 8.14. The van der Waals surface area contributed by atoms with Crippen LogP contribution < -0.4 is 10.3 Å². The van der Waals surface area contributed by atoms with Crippen molar-refractivity contribution in [3.05, 3.63) is 22.7 Å². The SMILES string of the molecule is Cc1cc(S(N)(=O)=O)c(Cl)cc1S(N)(=O)=O. The molecule has 0 radical (unpaired) electrons. The van der Waals surface area contributed by atoms with Gasteiger partial charge in [-0.25, -0.2) is 27.1 Å². The third kappa shape index (κ3) is 2.71. The summed E-state index contributed by atoms with van der Waals surface area (Å²) >= 11 is 5.61. The summed E-state index contributed by atoms with van der Waals surface area (Å²) in [6, 6.07) is 2.03. The van der Waals surface area contributed by atoms with Gasteiger partial charge in [0.05, 0.1) is 9.92 Å². The highest BCUT2D eigenvalue weighted by atomic mass is 35.5. The minimum absolute atomic E-state index is 0.163. The summed E-state index contributed by atoms with van der Waals surface area (Å²) in [5, 5.41) is 9.53. The molecule has 9 heteroatoms. The van der Waals surface area contributed by atoms with Gasteiger partial charge in [-0.05, 0) is 24.6 Å². The lowest BCUT2D eigenvalue weighted by atomic mass is 10.2. The van der Waals surface area contributed by atoms with Gasteiger partial charge < -0.3 is 0 Å². The first-order valence-electron chi connectivity index (χ1n) is 3.89. The molecule has 0 amide bonds. The summed E-state index contributed by atoms with van der Waals surface area (Å²) in [4.78, 5) is -0.566. The van der Waals surface area contributed by atoms with Crippen molar-refractivity contribution in [2.24, 2.45) is 10.3 Å². The van der Waals surface area contributed by atoms with E-state index in [0.717, 1.165) is 12.1 Å². The van der Waals surface area contributed by atoms with Crippen molar-refractivity contribution in [1.82, 2.24) is 0 Å². The summed E-state index contributed by atoms with van der Waals surface area (Å²) in [6.45, 7) is 1.39. The molecule has 0 spiro atoms. The monoisotopic (exact) mass is 284 g/mol. The average Bonchev–Trinajstić information content (AvgIpc) is 2.04. The third-order valence-corrected chi connectivity index (χ3v) is 4.27. The van der Waals surface area contributed by atoms with E-state index in [4.69, 9.17) is 21.9 Å². The molecule has 4 N–H and O–H groups in total. The molecule has 1 aromatic rings. The Morgan fingerprint density at radius 1 is 1.00 bits per heavy atom. The van der Waals surface area contributed by atoms with Gasteiger partial charge >= 0.3 is 0 Å². The first-order chi connectivity index (χ1) is 7.03. The van der Waals surface area contributed by atoms with Crippen LogP contribution in [0.3, 0.4) is 0 Å². The molecule has 0 unspecified atom stereocenters. The van der Waals surface area contributed by atoms with Crippen molar-refractivity contribution in [3.8, 4) is 0 Å². The highest BCUT2D eigenvalue weighted by molar-refractivity contribution is 7.89. The van der Waals surface area contributed by atoms with Crippen LogP contribution in [0.5, 0.6) is 0 Å². The van der Waals surface area contributed by atoms with Crippen molar-refractivity contribution < 1.29 is 16.8 Å². The molecule has 0 atom stereocenters. The largest absolute Gasteiger partial charge is 0.239 e. The van der Waals surface area contributed by atoms with Crippen molar-refractivity contribution in [2.75, 3.05) is 0 Å². The maximum atomic E-state index is 11.1. The molecule has 0 saturated carbocycles. The van der Waals surface area contributed by atoms with Gasteiger partial charge in [-0.2, -0.15) is 0 Å². The number of hydrogen-bond donors (Lipinski definition) is 2. The van der Waals surface area contributed by atoms with E-state index >= 15 is 0 Å². The van der Waals surface area contributed by atoms with Crippen LogP contribution in [0.2, 0.25) is 5.02 Å². The molecule has 1 rings (SSSR count). The summed E-state index contributed by atoms with van der Waals surface area (Å²) < 4.78 is 44.4. The second kappa shape index (κ2) is 3.97. The van der Waals surface area contributed by atoms with Gasteiger partial charge in [-0.15, -0.1) is 0 Å². The Morgan fingerprint density at radius 3 is 1.81 bits per heavy atom. The Kier molecular flexibility index (Phi) is 3.32. The Hall–Kier alpha value is -0.670. The van der Waals surface area contributed by atoms with E-state index in [-0.39, 0.29) is 20.4 Å². The third-order valence-electron chi connectivity index (χ3n) is 1.84. The first-order valence-corrected chi connectivity index (χ1v) is 7.36. The van der Waals surface area contributed by atoms with Crippen LogP contribution in [0, 0.1) is 6.92 Å². The Labute approximate surface area is 98.3 Å². The highest BCUT2D eigenvalue weighted by Crippen LogP contribution is 2.26. The van der Waals surface area contributed by atoms with Gasteiger partial charge in [-0.1, -0.05) is 11.6 Å². The van der Waals surface area contributed by atoms with E-state index in [1.165, 1.54) is 6.92 Å². The van der Waals surface area contributed by atoms with Gasteiger partial charge in [0, 0.05) is 0 Å². The summed E-state index contributed by atoms with van der Waals surface area (Å²) in [7, 11) is -7.92. The van der Waals surface area contributed by atoms with E-state index in [0.29, 0.717) is 0 Å². The highest BCUT2D eigenvalue weighted by Gasteiger charge is 2.19. The van der Waals surface area contributed by atoms with Crippen LogP contribution in [0.4, 0.5) is 0 Å². The second-order valence-corrected chi connectivity index (χ2v) is 6.61. The fourth-order valence-electron chi connectivity index (χ4n) is 1.16. The summed E-state index contributed by atoms with van der Waals surface area (Å²) in [5.41, 5.74) is 0.163. The predicted molar refractivity (Wildman–Crippen MR) is 58.9 cm³/mol. The topological polar surface area (TPSA) is 120 Å². The lowest BCUT2D eigenvalue weighted by molar-refractivity contribution is 0.593. The molecular weight excluding hydrogens is 276 g/mol. The Balaban J connectivity index is 3.65. The second-order valence-electron chi connectivity index (χ2n) is 3.14. The molecule has 0 aromatic heterocycles. The number of hydrogen-bond acceptors (Lipinski definition) is 4. The maximum absolute atomic E-state index is 11.1. The molecular formula is C7H9ClN2O4S2. The molecule has 90 valence electrons. The molecule has 0 heterocycles. The van der Waals surface area contributed by atoms with E-state index < -0.39 is 20.0 Å². The number of benzene rings is 1. The van der Waals surface area contributed by atoms with Crippen molar-refractivity contribution in [3.63, 3.8) is 0 Å². The molecule has 16 heavy (non-hydrogen) atoms. The number of halogens is 1. The van der Waals surface area contributed by atoms with E-state index in [9.17, 15) is 16.8 Å². The van der Waals surface area contributed by atoms with Gasteiger partial charge in [0.25, 0.3) is 0 Å². The van der Waals surface area contributed by atoms with E-state index in [1.807, 2.05) is 0 Å². The number of aryl methyl sites for hydroxylation is 1. The predicted octanol–water partition coefficient (Wildman–Crippen LogP) is -0.0568. The van der Waals surface area contributed by atoms with Crippen molar-refractivity contribution >= 4 is 31.6 Å². The Bertz CT molecular complexity index is 579. The smallest absolute Gasteiger partial charge is 0.225 e. The van der Waals surface area contributed by atoms with E-state index in [2.05, 4.69) is 0 Å². The van der Waals surface area contributed by atoms with Gasteiger partial charge in [0.2, 0.25) is 20.0 Å². The minimum atomic E-state index is -3.99. The minimum Gasteiger partial charge on any atom is -0.225 e. The molecule has 0 fully saturated rings. The molecule has 0 aliphatic carbocycles. The number of primary sulfonamides is 2. The average molecular weight is 285 g/mol. The van der Waals surface area contributed by atoms with Gasteiger partial charge in [-0.3, -0.25) is 0 Å². The summed E-state index contributed by atoms with van der Waals surface area (Å²) in [6.07, 6.45) is 0. The lowest BCUT2D eigenvalue weighted by Gasteiger charge is -2.07. The van der Waals surface area contributed by atoms with Crippen LogP contribution in [-0.4, -0.2) is 16.8 Å². The van der Waals surface area contributed by atoms with Crippen LogP contribution in [0.25, 0.3) is 0 Å². The van der Waals surface area contributed by atoms with Gasteiger partial charge in [0.15, 0.2) is 0 Å². The summed E-state index contributed by atoms with van der Waals surface area (Å²) in [5.74, 6) is 0. The maximum Gasteiger partial charge on any atom is 0.239 e. The Morgan fingerprint density at radius 2 is 1.44 bits per heavy atom. The molecule has 0 bridgehead atoms. The fraction of sp³-hybridized carbons (Fsp3) is 0.143. The molecule has 1 aromatic carbocycles. The fourth-order valence-corrected chi connectivity index (χ4v) is 3.17. The lowest BCUT2D eigenvalue weighted by Crippen LogP contribution is -2.17. The first kappa shape index (κ1) is 13.4. The van der Waals surface area contributed by atoms with Crippen LogP contribution in [0.1, 0.15) is 5.56 Å². The number of nitrogens with two attached hydrogens (primary N) is 2.